The summed E-state index contributed by atoms with van der Waals surface area (Å²) in [6.45, 7) is 1.83. The Bertz CT molecular complexity index is 503. The summed E-state index contributed by atoms with van der Waals surface area (Å²) < 4.78 is 0. The van der Waals surface area contributed by atoms with Gasteiger partial charge in [-0.15, -0.1) is 0 Å². The van der Waals surface area contributed by atoms with Gasteiger partial charge in [-0.1, -0.05) is 5.57 Å². The molecule has 0 saturated heterocycles. The van der Waals surface area contributed by atoms with Crippen LogP contribution in [0.2, 0.25) is 0 Å². The van der Waals surface area contributed by atoms with Crippen molar-refractivity contribution in [3.63, 3.8) is 0 Å². The lowest BCUT2D eigenvalue weighted by Gasteiger charge is -2.00. The summed E-state index contributed by atoms with van der Waals surface area (Å²) in [7, 11) is 0. The van der Waals surface area contributed by atoms with Gasteiger partial charge in [0.15, 0.2) is 5.78 Å². The SMILES string of the molecule is CC(=CC(=O)c1ccc([N+](=O)[O-])cc1)CCCC=O. The van der Waals surface area contributed by atoms with Gasteiger partial charge in [0, 0.05) is 24.1 Å². The van der Waals surface area contributed by atoms with Gasteiger partial charge in [-0.3, -0.25) is 14.9 Å². The fourth-order valence-corrected chi connectivity index (χ4v) is 1.59. The molecule has 19 heavy (non-hydrogen) atoms. The molecule has 100 valence electrons. The average Bonchev–Trinajstić information content (AvgIpc) is 2.39. The number of allylic oxidation sites excluding steroid dienone is 2. The number of aldehydes is 1. The van der Waals surface area contributed by atoms with Crippen LogP contribution in [0, 0.1) is 10.1 Å². The third-order valence-electron chi connectivity index (χ3n) is 2.63. The fourth-order valence-electron chi connectivity index (χ4n) is 1.59. The van der Waals surface area contributed by atoms with Crippen LogP contribution in [0.5, 0.6) is 0 Å². The molecule has 0 heterocycles. The second-order valence-corrected chi connectivity index (χ2v) is 4.22. The van der Waals surface area contributed by atoms with Crippen LogP contribution >= 0.6 is 0 Å². The van der Waals surface area contributed by atoms with Crippen LogP contribution in [-0.4, -0.2) is 17.0 Å². The number of unbranched alkanes of at least 4 members (excludes halogenated alkanes) is 1. The van der Waals surface area contributed by atoms with Crippen molar-refractivity contribution in [1.29, 1.82) is 0 Å². The molecule has 1 aromatic rings. The van der Waals surface area contributed by atoms with Crippen LogP contribution in [0.15, 0.2) is 35.9 Å². The van der Waals surface area contributed by atoms with E-state index in [4.69, 9.17) is 0 Å². The van der Waals surface area contributed by atoms with E-state index in [-0.39, 0.29) is 11.5 Å². The first-order valence-corrected chi connectivity index (χ1v) is 5.94. The molecular formula is C14H15NO4. The van der Waals surface area contributed by atoms with E-state index in [1.54, 1.807) is 0 Å². The molecule has 0 N–H and O–H groups in total. The highest BCUT2D eigenvalue weighted by molar-refractivity contribution is 6.04. The van der Waals surface area contributed by atoms with Crippen molar-refractivity contribution in [2.75, 3.05) is 0 Å². The highest BCUT2D eigenvalue weighted by atomic mass is 16.6. The monoisotopic (exact) mass is 261 g/mol. The van der Waals surface area contributed by atoms with E-state index in [2.05, 4.69) is 0 Å². The molecule has 1 rings (SSSR count). The van der Waals surface area contributed by atoms with Crippen LogP contribution in [0.4, 0.5) is 5.69 Å². The van der Waals surface area contributed by atoms with Gasteiger partial charge in [-0.2, -0.15) is 0 Å². The van der Waals surface area contributed by atoms with E-state index < -0.39 is 4.92 Å². The lowest BCUT2D eigenvalue weighted by molar-refractivity contribution is -0.384. The molecule has 0 unspecified atom stereocenters. The van der Waals surface area contributed by atoms with Gasteiger partial charge in [-0.05, 0) is 38.0 Å². The smallest absolute Gasteiger partial charge is 0.269 e. The number of hydrogen-bond acceptors (Lipinski definition) is 4. The zero-order valence-corrected chi connectivity index (χ0v) is 10.7. The van der Waals surface area contributed by atoms with Gasteiger partial charge >= 0.3 is 0 Å². The minimum absolute atomic E-state index is 0.0387. The van der Waals surface area contributed by atoms with Crippen molar-refractivity contribution in [2.45, 2.75) is 26.2 Å². The van der Waals surface area contributed by atoms with E-state index in [0.29, 0.717) is 18.4 Å². The van der Waals surface area contributed by atoms with Gasteiger partial charge < -0.3 is 4.79 Å². The molecule has 0 radical (unpaired) electrons. The maximum absolute atomic E-state index is 11.9. The second-order valence-electron chi connectivity index (χ2n) is 4.22. The first-order chi connectivity index (χ1) is 9.04. The second kappa shape index (κ2) is 7.20. The van der Waals surface area contributed by atoms with Crippen molar-refractivity contribution in [3.8, 4) is 0 Å². The topological polar surface area (TPSA) is 77.3 Å². The Morgan fingerprint density at radius 3 is 2.47 bits per heavy atom. The van der Waals surface area contributed by atoms with E-state index in [1.807, 2.05) is 6.92 Å². The van der Waals surface area contributed by atoms with Gasteiger partial charge in [-0.25, -0.2) is 0 Å². The summed E-state index contributed by atoms with van der Waals surface area (Å²) in [5.74, 6) is -0.182. The Kier molecular flexibility index (Phi) is 5.60. The number of nitrogens with zero attached hydrogens (tertiary/aromatic N) is 1. The standard InChI is InChI=1S/C14H15NO4/c1-11(4-2-3-9-16)10-14(17)12-5-7-13(8-6-12)15(18)19/h5-10H,2-4H2,1H3. The van der Waals surface area contributed by atoms with Crippen molar-refractivity contribution in [2.24, 2.45) is 0 Å². The number of non-ortho nitro benzene ring substituents is 1. The van der Waals surface area contributed by atoms with Gasteiger partial charge in [0.25, 0.3) is 5.69 Å². The zero-order chi connectivity index (χ0) is 14.3. The lowest BCUT2D eigenvalue weighted by atomic mass is 10.0. The normalized spacial score (nSPS) is 11.1. The van der Waals surface area contributed by atoms with Crippen molar-refractivity contribution in [1.82, 2.24) is 0 Å². The van der Waals surface area contributed by atoms with Crippen LogP contribution < -0.4 is 0 Å². The van der Waals surface area contributed by atoms with E-state index >= 15 is 0 Å². The van der Waals surface area contributed by atoms with Crippen LogP contribution in [0.3, 0.4) is 0 Å². The molecular weight excluding hydrogens is 246 g/mol. The first kappa shape index (κ1) is 14.8. The molecule has 1 aromatic carbocycles. The number of rotatable bonds is 7. The van der Waals surface area contributed by atoms with Crippen LogP contribution in [-0.2, 0) is 4.79 Å². The Balaban J connectivity index is 2.69. The number of ketones is 1. The zero-order valence-electron chi connectivity index (χ0n) is 10.7. The number of benzene rings is 1. The molecule has 0 aliphatic heterocycles. The predicted octanol–water partition coefficient (Wildman–Crippen LogP) is 3.09. The highest BCUT2D eigenvalue weighted by Gasteiger charge is 2.07. The molecule has 0 saturated carbocycles. The maximum Gasteiger partial charge on any atom is 0.269 e. The molecule has 5 nitrogen and oxygen atoms in total. The first-order valence-electron chi connectivity index (χ1n) is 5.94. The van der Waals surface area contributed by atoms with E-state index in [1.165, 1.54) is 30.3 Å². The summed E-state index contributed by atoms with van der Waals surface area (Å²) in [6, 6.07) is 5.50. The van der Waals surface area contributed by atoms with Gasteiger partial charge in [0.05, 0.1) is 4.92 Å². The molecule has 0 aliphatic carbocycles. The Hall–Kier alpha value is -2.30. The summed E-state index contributed by atoms with van der Waals surface area (Å²) >= 11 is 0. The number of hydrogen-bond donors (Lipinski definition) is 0. The number of nitro groups is 1. The number of carbonyl (C=O) groups excluding carboxylic acids is 2. The van der Waals surface area contributed by atoms with Gasteiger partial charge in [0.1, 0.15) is 6.29 Å². The Morgan fingerprint density at radius 2 is 1.95 bits per heavy atom. The number of carbonyl (C=O) groups is 2. The summed E-state index contributed by atoms with van der Waals surface area (Å²) in [5, 5.41) is 10.5. The fraction of sp³-hybridized carbons (Fsp3) is 0.286. The molecule has 0 aromatic heterocycles. The van der Waals surface area contributed by atoms with Crippen molar-refractivity contribution < 1.29 is 14.5 Å². The molecule has 5 heteroatoms. The molecule has 0 spiro atoms. The largest absolute Gasteiger partial charge is 0.303 e. The minimum atomic E-state index is -0.505. The number of nitro benzene ring substituents is 1. The average molecular weight is 261 g/mol. The maximum atomic E-state index is 11.9. The molecule has 0 amide bonds. The Labute approximate surface area is 111 Å². The summed E-state index contributed by atoms with van der Waals surface area (Å²) in [5.41, 5.74) is 1.27. The Morgan fingerprint density at radius 1 is 1.32 bits per heavy atom. The summed E-state index contributed by atoms with van der Waals surface area (Å²) in [6.07, 6.45) is 4.26. The quantitative estimate of drug-likeness (QED) is 0.189. The lowest BCUT2D eigenvalue weighted by Crippen LogP contribution is -1.97. The third kappa shape index (κ3) is 4.83. The van der Waals surface area contributed by atoms with E-state index in [0.717, 1.165) is 18.3 Å². The molecule has 0 aliphatic rings. The van der Waals surface area contributed by atoms with Gasteiger partial charge in [0.2, 0.25) is 0 Å². The van der Waals surface area contributed by atoms with E-state index in [9.17, 15) is 19.7 Å². The van der Waals surface area contributed by atoms with Crippen LogP contribution in [0.1, 0.15) is 36.5 Å². The summed E-state index contributed by atoms with van der Waals surface area (Å²) in [4.78, 5) is 32.0. The van der Waals surface area contributed by atoms with Crippen LogP contribution in [0.25, 0.3) is 0 Å². The molecule has 0 fully saturated rings. The molecule has 0 atom stereocenters. The molecule has 0 bridgehead atoms. The minimum Gasteiger partial charge on any atom is -0.303 e. The highest BCUT2D eigenvalue weighted by Crippen LogP contribution is 2.14. The predicted molar refractivity (Wildman–Crippen MR) is 71.1 cm³/mol. The van der Waals surface area contributed by atoms with Crippen molar-refractivity contribution >= 4 is 17.8 Å². The van der Waals surface area contributed by atoms with Crippen molar-refractivity contribution in [3.05, 3.63) is 51.6 Å². The third-order valence-corrected chi connectivity index (χ3v) is 2.63.